The van der Waals surface area contributed by atoms with E-state index in [0.29, 0.717) is 30.4 Å². The molecule has 2 aromatic rings. The van der Waals surface area contributed by atoms with E-state index in [-0.39, 0.29) is 12.0 Å². The van der Waals surface area contributed by atoms with Crippen molar-refractivity contribution in [2.45, 2.75) is 18.9 Å². The maximum Gasteiger partial charge on any atom is 0.228 e. The molecule has 1 aliphatic heterocycles. The number of likely N-dealkylation sites (tertiary alicyclic amines) is 1. The molecule has 1 aromatic heterocycles. The topological polar surface area (TPSA) is 42.4 Å². The van der Waals surface area contributed by atoms with E-state index in [9.17, 15) is 4.79 Å². The number of halogens is 2. The highest BCUT2D eigenvalue weighted by atomic mass is 79.9. The minimum atomic E-state index is -0.0311. The van der Waals surface area contributed by atoms with Crippen molar-refractivity contribution < 1.29 is 9.53 Å². The predicted octanol–water partition coefficient (Wildman–Crippen LogP) is 3.72. The van der Waals surface area contributed by atoms with Gasteiger partial charge in [0.05, 0.1) is 17.4 Å². The Morgan fingerprint density at radius 3 is 2.96 bits per heavy atom. The molecule has 1 aliphatic rings. The molecule has 120 valence electrons. The summed E-state index contributed by atoms with van der Waals surface area (Å²) in [6.07, 6.45) is 2.78. The molecule has 1 aromatic carbocycles. The van der Waals surface area contributed by atoms with Crippen LogP contribution in [0.3, 0.4) is 0 Å². The van der Waals surface area contributed by atoms with E-state index in [1.807, 2.05) is 35.2 Å². The van der Waals surface area contributed by atoms with Gasteiger partial charge in [0.1, 0.15) is 6.10 Å². The number of aromatic nitrogens is 1. The smallest absolute Gasteiger partial charge is 0.228 e. The normalized spacial score (nSPS) is 17.3. The Balaban J connectivity index is 1.58. The van der Waals surface area contributed by atoms with Crippen LogP contribution in [0.4, 0.5) is 0 Å². The number of rotatable bonds is 4. The Morgan fingerprint density at radius 2 is 2.17 bits per heavy atom. The second-order valence-corrected chi connectivity index (χ2v) is 6.69. The number of carbonyl (C=O) groups is 1. The van der Waals surface area contributed by atoms with Crippen molar-refractivity contribution in [1.29, 1.82) is 0 Å². The number of nitrogens with zero attached hydrogens (tertiary/aromatic N) is 2. The minimum absolute atomic E-state index is 0.0311. The zero-order chi connectivity index (χ0) is 16.2. The van der Waals surface area contributed by atoms with E-state index in [4.69, 9.17) is 16.3 Å². The van der Waals surface area contributed by atoms with Gasteiger partial charge in [-0.2, -0.15) is 0 Å². The number of benzene rings is 1. The van der Waals surface area contributed by atoms with Gasteiger partial charge in [0.25, 0.3) is 0 Å². The molecule has 0 radical (unpaired) electrons. The second-order valence-electron chi connectivity index (χ2n) is 5.43. The third kappa shape index (κ3) is 4.03. The molecule has 6 heteroatoms. The number of carbonyl (C=O) groups excluding carboxylic acids is 1. The summed E-state index contributed by atoms with van der Waals surface area (Å²) < 4.78 is 6.70. The van der Waals surface area contributed by atoms with Gasteiger partial charge in [0, 0.05) is 24.2 Å². The van der Waals surface area contributed by atoms with E-state index < -0.39 is 0 Å². The van der Waals surface area contributed by atoms with E-state index in [1.165, 1.54) is 0 Å². The van der Waals surface area contributed by atoms with Crippen molar-refractivity contribution in [3.63, 3.8) is 0 Å². The van der Waals surface area contributed by atoms with Crippen LogP contribution in [-0.4, -0.2) is 35.0 Å². The largest absolute Gasteiger partial charge is 0.472 e. The number of ether oxygens (including phenoxy) is 1. The fraction of sp³-hybridized carbons (Fsp3) is 0.294. The third-order valence-corrected chi connectivity index (χ3v) is 4.77. The number of amides is 1. The van der Waals surface area contributed by atoms with Crippen LogP contribution in [0.15, 0.2) is 47.1 Å². The van der Waals surface area contributed by atoms with E-state index in [0.717, 1.165) is 16.5 Å². The second kappa shape index (κ2) is 7.32. The molecule has 0 bridgehead atoms. The lowest BCUT2D eigenvalue weighted by atomic mass is 10.1. The summed E-state index contributed by atoms with van der Waals surface area (Å²) >= 11 is 9.54. The number of hydrogen-bond acceptors (Lipinski definition) is 3. The lowest BCUT2D eigenvalue weighted by Crippen LogP contribution is -2.32. The first-order valence-corrected chi connectivity index (χ1v) is 8.59. The molecule has 4 nitrogen and oxygen atoms in total. The summed E-state index contributed by atoms with van der Waals surface area (Å²) in [4.78, 5) is 18.4. The Morgan fingerprint density at radius 1 is 1.35 bits per heavy atom. The standard InChI is InChI=1S/C17H16BrClN2O2/c18-14-5-3-8-20-17(14)23-13-7-9-21(11-13)16(22)10-12-4-1-2-6-15(12)19/h1-6,8,13H,7,9-11H2. The van der Waals surface area contributed by atoms with Gasteiger partial charge in [-0.05, 0) is 39.7 Å². The van der Waals surface area contributed by atoms with Gasteiger partial charge in [-0.1, -0.05) is 29.8 Å². The monoisotopic (exact) mass is 394 g/mol. The van der Waals surface area contributed by atoms with Gasteiger partial charge >= 0.3 is 0 Å². The first kappa shape index (κ1) is 16.3. The SMILES string of the molecule is O=C(Cc1ccccc1Cl)N1CCC(Oc2ncccc2Br)C1. The van der Waals surface area contributed by atoms with Crippen LogP contribution in [0.2, 0.25) is 5.02 Å². The molecule has 2 heterocycles. The summed E-state index contributed by atoms with van der Waals surface area (Å²) in [6.45, 7) is 1.27. The van der Waals surface area contributed by atoms with Crippen LogP contribution in [0, 0.1) is 0 Å². The van der Waals surface area contributed by atoms with Crippen LogP contribution >= 0.6 is 27.5 Å². The summed E-state index contributed by atoms with van der Waals surface area (Å²) in [7, 11) is 0. The van der Waals surface area contributed by atoms with Crippen LogP contribution in [-0.2, 0) is 11.2 Å². The van der Waals surface area contributed by atoms with Gasteiger partial charge in [0.2, 0.25) is 11.8 Å². The highest BCUT2D eigenvalue weighted by molar-refractivity contribution is 9.10. The van der Waals surface area contributed by atoms with Crippen molar-refractivity contribution in [1.82, 2.24) is 9.88 Å². The Labute approximate surface area is 148 Å². The van der Waals surface area contributed by atoms with Gasteiger partial charge < -0.3 is 9.64 Å². The summed E-state index contributed by atoms with van der Waals surface area (Å²) in [5.41, 5.74) is 0.857. The first-order valence-electron chi connectivity index (χ1n) is 7.42. The molecule has 1 atom stereocenters. The average Bonchev–Trinajstić information content (AvgIpc) is 3.01. The minimum Gasteiger partial charge on any atom is -0.472 e. The zero-order valence-corrected chi connectivity index (χ0v) is 14.8. The molecule has 1 saturated heterocycles. The van der Waals surface area contributed by atoms with Gasteiger partial charge in [0.15, 0.2) is 0 Å². The summed E-state index contributed by atoms with van der Waals surface area (Å²) in [6, 6.07) is 11.2. The number of pyridine rings is 1. The fourth-order valence-electron chi connectivity index (χ4n) is 2.58. The summed E-state index contributed by atoms with van der Waals surface area (Å²) in [5, 5.41) is 0.630. The third-order valence-electron chi connectivity index (χ3n) is 3.80. The molecule has 1 fully saturated rings. The number of hydrogen-bond donors (Lipinski definition) is 0. The van der Waals surface area contributed by atoms with Gasteiger partial charge in [-0.25, -0.2) is 4.98 Å². The molecule has 3 rings (SSSR count). The van der Waals surface area contributed by atoms with Crippen LogP contribution < -0.4 is 4.74 Å². The average molecular weight is 396 g/mol. The molecular formula is C17H16BrClN2O2. The van der Waals surface area contributed by atoms with E-state index in [1.54, 1.807) is 12.3 Å². The predicted molar refractivity (Wildman–Crippen MR) is 92.7 cm³/mol. The molecule has 0 aliphatic carbocycles. The first-order chi connectivity index (χ1) is 11.1. The maximum atomic E-state index is 12.4. The molecular weight excluding hydrogens is 380 g/mol. The van der Waals surface area contributed by atoms with E-state index in [2.05, 4.69) is 20.9 Å². The van der Waals surface area contributed by atoms with Crippen LogP contribution in [0.5, 0.6) is 5.88 Å². The zero-order valence-electron chi connectivity index (χ0n) is 12.4. The Kier molecular flexibility index (Phi) is 5.18. The quantitative estimate of drug-likeness (QED) is 0.792. The summed E-state index contributed by atoms with van der Waals surface area (Å²) in [5.74, 6) is 0.641. The van der Waals surface area contributed by atoms with Gasteiger partial charge in [-0.15, -0.1) is 0 Å². The highest BCUT2D eigenvalue weighted by Crippen LogP contribution is 2.25. The fourth-order valence-corrected chi connectivity index (χ4v) is 3.13. The van der Waals surface area contributed by atoms with Crippen LogP contribution in [0.1, 0.15) is 12.0 Å². The van der Waals surface area contributed by atoms with Crippen molar-refractivity contribution in [3.8, 4) is 5.88 Å². The van der Waals surface area contributed by atoms with Crippen molar-refractivity contribution in [2.24, 2.45) is 0 Å². The van der Waals surface area contributed by atoms with Crippen molar-refractivity contribution >= 4 is 33.4 Å². The maximum absolute atomic E-state index is 12.4. The Bertz CT molecular complexity index is 710. The highest BCUT2D eigenvalue weighted by Gasteiger charge is 2.28. The van der Waals surface area contributed by atoms with Crippen molar-refractivity contribution in [3.05, 3.63) is 57.7 Å². The van der Waals surface area contributed by atoms with Gasteiger partial charge in [-0.3, -0.25) is 4.79 Å². The lowest BCUT2D eigenvalue weighted by molar-refractivity contribution is -0.129. The molecule has 0 saturated carbocycles. The Hall–Kier alpha value is -1.59. The molecule has 0 spiro atoms. The molecule has 1 unspecified atom stereocenters. The van der Waals surface area contributed by atoms with Crippen LogP contribution in [0.25, 0.3) is 0 Å². The van der Waals surface area contributed by atoms with Crippen molar-refractivity contribution in [2.75, 3.05) is 13.1 Å². The van der Waals surface area contributed by atoms with E-state index >= 15 is 0 Å². The molecule has 1 amide bonds. The lowest BCUT2D eigenvalue weighted by Gasteiger charge is -2.17. The molecule has 0 N–H and O–H groups in total. The molecule has 23 heavy (non-hydrogen) atoms.